The summed E-state index contributed by atoms with van der Waals surface area (Å²) in [6.07, 6.45) is 5.54. The van der Waals surface area contributed by atoms with Gasteiger partial charge in [0.1, 0.15) is 11.3 Å². The first kappa shape index (κ1) is 16.2. The Morgan fingerprint density at radius 3 is 2.78 bits per heavy atom. The molecule has 1 fully saturated rings. The molecule has 0 spiro atoms. The van der Waals surface area contributed by atoms with Crippen LogP contribution in [0.15, 0.2) is 23.2 Å². The predicted molar refractivity (Wildman–Crippen MR) is 93.8 cm³/mol. The van der Waals surface area contributed by atoms with Crippen molar-refractivity contribution in [1.82, 2.24) is 4.57 Å². The first-order valence-electron chi connectivity index (χ1n) is 8.58. The maximum atomic E-state index is 12.5. The molecule has 0 bridgehead atoms. The molecule has 3 rings (SSSR count). The third-order valence-corrected chi connectivity index (χ3v) is 5.48. The van der Waals surface area contributed by atoms with Gasteiger partial charge >= 0.3 is 0 Å². The molecule has 0 aliphatic heterocycles. The lowest BCUT2D eigenvalue weighted by Gasteiger charge is -2.17. The molecule has 0 radical (unpaired) electrons. The molecule has 2 aromatic rings. The number of thiazole rings is 1. The zero-order valence-electron chi connectivity index (χ0n) is 13.9. The number of aromatic nitrogens is 1. The molecule has 1 aliphatic carbocycles. The number of benzene rings is 1. The van der Waals surface area contributed by atoms with Crippen molar-refractivity contribution < 1.29 is 9.53 Å². The van der Waals surface area contributed by atoms with Crippen LogP contribution < -0.4 is 9.54 Å². The molecule has 4 nitrogen and oxygen atoms in total. The van der Waals surface area contributed by atoms with Crippen LogP contribution >= 0.6 is 11.3 Å². The second-order valence-corrected chi connectivity index (χ2v) is 6.96. The van der Waals surface area contributed by atoms with Crippen molar-refractivity contribution in [1.29, 1.82) is 0 Å². The molecule has 1 heterocycles. The van der Waals surface area contributed by atoms with Gasteiger partial charge in [-0.3, -0.25) is 4.79 Å². The van der Waals surface area contributed by atoms with Gasteiger partial charge in [0.15, 0.2) is 4.80 Å². The van der Waals surface area contributed by atoms with Gasteiger partial charge in [0, 0.05) is 12.5 Å². The second-order valence-electron chi connectivity index (χ2n) is 5.95. The van der Waals surface area contributed by atoms with Crippen molar-refractivity contribution in [3.05, 3.63) is 23.0 Å². The number of ether oxygens (including phenoxy) is 1. The SMILES string of the molecule is CCOc1cccc2sc(=NC(=O)C3CCCCC3)n(CC)c12. The van der Waals surface area contributed by atoms with Gasteiger partial charge in [-0.1, -0.05) is 36.7 Å². The van der Waals surface area contributed by atoms with E-state index in [4.69, 9.17) is 4.74 Å². The molecule has 0 N–H and O–H groups in total. The average molecular weight is 332 g/mol. The van der Waals surface area contributed by atoms with Crippen molar-refractivity contribution in [2.24, 2.45) is 10.9 Å². The van der Waals surface area contributed by atoms with Crippen LogP contribution in [0.4, 0.5) is 0 Å². The van der Waals surface area contributed by atoms with Crippen molar-refractivity contribution in [2.75, 3.05) is 6.61 Å². The summed E-state index contributed by atoms with van der Waals surface area (Å²) in [5.74, 6) is 1.04. The van der Waals surface area contributed by atoms with E-state index in [1.807, 2.05) is 19.1 Å². The van der Waals surface area contributed by atoms with Gasteiger partial charge in [-0.25, -0.2) is 0 Å². The van der Waals surface area contributed by atoms with Crippen LogP contribution in [0.1, 0.15) is 46.0 Å². The minimum Gasteiger partial charge on any atom is -0.492 e. The number of carbonyl (C=O) groups is 1. The summed E-state index contributed by atoms with van der Waals surface area (Å²) in [6.45, 7) is 5.48. The number of aryl methyl sites for hydroxylation is 1. The smallest absolute Gasteiger partial charge is 0.251 e. The van der Waals surface area contributed by atoms with Crippen LogP contribution in [0.2, 0.25) is 0 Å². The Morgan fingerprint density at radius 2 is 2.09 bits per heavy atom. The molecule has 1 saturated carbocycles. The summed E-state index contributed by atoms with van der Waals surface area (Å²) in [7, 11) is 0. The number of nitrogens with zero attached hydrogens (tertiary/aromatic N) is 2. The van der Waals surface area contributed by atoms with E-state index in [1.54, 1.807) is 11.3 Å². The van der Waals surface area contributed by atoms with Crippen LogP contribution in [-0.2, 0) is 11.3 Å². The number of hydrogen-bond donors (Lipinski definition) is 0. The molecular weight excluding hydrogens is 308 g/mol. The summed E-state index contributed by atoms with van der Waals surface area (Å²) < 4.78 is 8.98. The van der Waals surface area contributed by atoms with Crippen molar-refractivity contribution in [2.45, 2.75) is 52.5 Å². The van der Waals surface area contributed by atoms with E-state index >= 15 is 0 Å². The molecule has 5 heteroatoms. The maximum Gasteiger partial charge on any atom is 0.251 e. The largest absolute Gasteiger partial charge is 0.492 e. The average Bonchev–Trinajstić information content (AvgIpc) is 2.94. The van der Waals surface area contributed by atoms with E-state index in [0.29, 0.717) is 6.61 Å². The fourth-order valence-corrected chi connectivity index (χ4v) is 4.40. The van der Waals surface area contributed by atoms with Gasteiger partial charge in [-0.15, -0.1) is 0 Å². The summed E-state index contributed by atoms with van der Waals surface area (Å²) >= 11 is 1.58. The highest BCUT2D eigenvalue weighted by molar-refractivity contribution is 7.16. The Balaban J connectivity index is 2.04. The predicted octanol–water partition coefficient (Wildman–Crippen LogP) is 4.13. The van der Waals surface area contributed by atoms with Gasteiger partial charge in [0.25, 0.3) is 5.91 Å². The molecule has 0 unspecified atom stereocenters. The molecule has 1 aliphatic rings. The van der Waals surface area contributed by atoms with Crippen LogP contribution in [-0.4, -0.2) is 17.1 Å². The number of rotatable bonds is 4. The maximum absolute atomic E-state index is 12.5. The van der Waals surface area contributed by atoms with Gasteiger partial charge in [-0.05, 0) is 38.8 Å². The van der Waals surface area contributed by atoms with E-state index < -0.39 is 0 Å². The molecule has 1 aromatic carbocycles. The highest BCUT2D eigenvalue weighted by Gasteiger charge is 2.21. The number of para-hydroxylation sites is 1. The number of hydrogen-bond acceptors (Lipinski definition) is 3. The topological polar surface area (TPSA) is 43.6 Å². The summed E-state index contributed by atoms with van der Waals surface area (Å²) in [6, 6.07) is 6.05. The number of carbonyl (C=O) groups excluding carboxylic acids is 1. The summed E-state index contributed by atoms with van der Waals surface area (Å²) in [5, 5.41) is 0. The molecule has 0 atom stereocenters. The van der Waals surface area contributed by atoms with Crippen molar-refractivity contribution >= 4 is 27.5 Å². The normalized spacial score (nSPS) is 16.9. The van der Waals surface area contributed by atoms with E-state index in [0.717, 1.165) is 53.0 Å². The molecule has 23 heavy (non-hydrogen) atoms. The zero-order chi connectivity index (χ0) is 16.2. The van der Waals surface area contributed by atoms with E-state index in [2.05, 4.69) is 22.5 Å². The zero-order valence-corrected chi connectivity index (χ0v) is 14.7. The van der Waals surface area contributed by atoms with Crippen LogP contribution in [0, 0.1) is 5.92 Å². The first-order chi connectivity index (χ1) is 11.2. The fourth-order valence-electron chi connectivity index (χ4n) is 3.28. The van der Waals surface area contributed by atoms with E-state index in [1.165, 1.54) is 6.42 Å². The van der Waals surface area contributed by atoms with Crippen LogP contribution in [0.5, 0.6) is 5.75 Å². The van der Waals surface area contributed by atoms with E-state index in [9.17, 15) is 4.79 Å². The molecular formula is C18H24N2O2S. The molecule has 124 valence electrons. The minimum atomic E-state index is 0.0522. The summed E-state index contributed by atoms with van der Waals surface area (Å²) in [5.41, 5.74) is 1.05. The highest BCUT2D eigenvalue weighted by atomic mass is 32.1. The fraction of sp³-hybridized carbons (Fsp3) is 0.556. The minimum absolute atomic E-state index is 0.0522. The number of amides is 1. The van der Waals surface area contributed by atoms with Crippen LogP contribution in [0.25, 0.3) is 10.2 Å². The van der Waals surface area contributed by atoms with Gasteiger partial charge < -0.3 is 9.30 Å². The Labute approximate surface area is 140 Å². The van der Waals surface area contributed by atoms with Gasteiger partial charge in [-0.2, -0.15) is 4.99 Å². The lowest BCUT2D eigenvalue weighted by Crippen LogP contribution is -2.21. The van der Waals surface area contributed by atoms with Crippen molar-refractivity contribution in [3.63, 3.8) is 0 Å². The molecule has 0 saturated heterocycles. The third kappa shape index (κ3) is 3.34. The lowest BCUT2D eigenvalue weighted by molar-refractivity contribution is -0.122. The standard InChI is InChI=1S/C18H24N2O2S/c1-3-20-16-14(22-4-2)11-8-12-15(16)23-18(20)19-17(21)13-9-6-5-7-10-13/h8,11-13H,3-7,9-10H2,1-2H3. The Hall–Kier alpha value is -1.62. The first-order valence-corrected chi connectivity index (χ1v) is 9.40. The monoisotopic (exact) mass is 332 g/mol. The Morgan fingerprint density at radius 1 is 1.30 bits per heavy atom. The Bertz CT molecular complexity index is 754. The van der Waals surface area contributed by atoms with Crippen LogP contribution in [0.3, 0.4) is 0 Å². The lowest BCUT2D eigenvalue weighted by atomic mass is 9.89. The quantitative estimate of drug-likeness (QED) is 0.845. The third-order valence-electron chi connectivity index (χ3n) is 4.44. The second kappa shape index (κ2) is 7.30. The van der Waals surface area contributed by atoms with Crippen molar-refractivity contribution in [3.8, 4) is 5.75 Å². The molecule has 1 amide bonds. The Kier molecular flexibility index (Phi) is 5.16. The summed E-state index contributed by atoms with van der Waals surface area (Å²) in [4.78, 5) is 17.8. The van der Waals surface area contributed by atoms with Gasteiger partial charge in [0.2, 0.25) is 0 Å². The molecule has 1 aromatic heterocycles. The number of fused-ring (bicyclic) bond motifs is 1. The van der Waals surface area contributed by atoms with E-state index in [-0.39, 0.29) is 11.8 Å². The highest BCUT2D eigenvalue weighted by Crippen LogP contribution is 2.28. The van der Waals surface area contributed by atoms with Gasteiger partial charge in [0.05, 0.1) is 11.3 Å².